The molecule has 0 bridgehead atoms. The van der Waals surface area contributed by atoms with Crippen molar-refractivity contribution in [3.8, 4) is 0 Å². The topological polar surface area (TPSA) is 63.6 Å². The summed E-state index contributed by atoms with van der Waals surface area (Å²) in [4.78, 5) is 20.9. The van der Waals surface area contributed by atoms with Gasteiger partial charge in [0.05, 0.1) is 11.8 Å². The van der Waals surface area contributed by atoms with Gasteiger partial charge in [-0.3, -0.25) is 9.59 Å². The Morgan fingerprint density at radius 3 is 2.70 bits per heavy atom. The lowest BCUT2D eigenvalue weighted by Crippen LogP contribution is -2.08. The number of aliphatic carboxylic acids is 1. The van der Waals surface area contributed by atoms with Crippen molar-refractivity contribution in [1.29, 1.82) is 0 Å². The van der Waals surface area contributed by atoms with Gasteiger partial charge in [-0.05, 0) is 23.3 Å². The summed E-state index contributed by atoms with van der Waals surface area (Å²) in [6, 6.07) is 7.84. The molecule has 2 aliphatic rings. The first-order valence-electron chi connectivity index (χ1n) is 6.15. The van der Waals surface area contributed by atoms with E-state index in [1.807, 2.05) is 42.5 Å². The number of ketones is 1. The minimum atomic E-state index is -0.833. The van der Waals surface area contributed by atoms with Gasteiger partial charge in [-0.15, -0.1) is 0 Å². The van der Waals surface area contributed by atoms with Crippen molar-refractivity contribution in [1.82, 2.24) is 0 Å². The van der Waals surface area contributed by atoms with Gasteiger partial charge in [-0.2, -0.15) is 0 Å². The fraction of sp³-hybridized carbons (Fsp3) is 0.125. The van der Waals surface area contributed by atoms with Crippen LogP contribution in [0, 0.1) is 0 Å². The van der Waals surface area contributed by atoms with E-state index in [-0.39, 0.29) is 5.78 Å². The molecule has 0 saturated heterocycles. The average Bonchev–Trinajstić information content (AvgIpc) is 2.58. The van der Waals surface area contributed by atoms with Crippen LogP contribution >= 0.6 is 0 Å². The van der Waals surface area contributed by atoms with Crippen LogP contribution in [-0.2, 0) is 14.3 Å². The molecule has 4 heteroatoms. The van der Waals surface area contributed by atoms with Gasteiger partial charge in [0, 0.05) is 13.3 Å². The van der Waals surface area contributed by atoms with Crippen LogP contribution in [0.4, 0.5) is 0 Å². The largest absolute Gasteiger partial charge is 0.481 e. The summed E-state index contributed by atoms with van der Waals surface area (Å²) >= 11 is 0. The maximum atomic E-state index is 11.9. The summed E-state index contributed by atoms with van der Waals surface area (Å²) in [5.41, 5.74) is 2.68. The average molecular weight is 270 g/mol. The summed E-state index contributed by atoms with van der Waals surface area (Å²) < 4.78 is 5.45. The first-order chi connectivity index (χ1) is 9.59. The van der Waals surface area contributed by atoms with Crippen LogP contribution in [0.25, 0.3) is 11.6 Å². The molecular formula is C16H14O4. The second-order valence-electron chi connectivity index (χ2n) is 4.30. The highest BCUT2D eigenvalue weighted by atomic mass is 16.5. The van der Waals surface area contributed by atoms with Gasteiger partial charge in [0.1, 0.15) is 5.76 Å². The molecule has 1 heterocycles. The van der Waals surface area contributed by atoms with E-state index in [2.05, 4.69) is 0 Å². The third-order valence-corrected chi connectivity index (χ3v) is 2.77. The van der Waals surface area contributed by atoms with E-state index >= 15 is 0 Å². The van der Waals surface area contributed by atoms with Crippen molar-refractivity contribution >= 4 is 23.4 Å². The number of Topliss-reactive ketones (excluding diaryl/α,β-unsaturated/α-hetero) is 1. The van der Waals surface area contributed by atoms with Gasteiger partial charge < -0.3 is 9.84 Å². The molecule has 0 radical (unpaired) electrons. The minimum Gasteiger partial charge on any atom is -0.481 e. The van der Waals surface area contributed by atoms with Crippen molar-refractivity contribution < 1.29 is 19.4 Å². The fourth-order valence-corrected chi connectivity index (χ4v) is 2.03. The number of ether oxygens (including phenoxy) is 1. The molecule has 4 nitrogen and oxygen atoms in total. The van der Waals surface area contributed by atoms with Crippen LogP contribution in [-0.4, -0.2) is 16.9 Å². The molecule has 0 aromatic heterocycles. The van der Waals surface area contributed by atoms with Crippen LogP contribution in [0.1, 0.15) is 24.5 Å². The Bertz CT molecular complexity index is 632. The minimum absolute atomic E-state index is 0.119. The van der Waals surface area contributed by atoms with Crippen molar-refractivity contribution in [3.05, 3.63) is 59.6 Å². The third-order valence-electron chi connectivity index (χ3n) is 2.77. The van der Waals surface area contributed by atoms with Gasteiger partial charge in [-0.1, -0.05) is 30.3 Å². The summed E-state index contributed by atoms with van der Waals surface area (Å²) in [6.45, 7) is 1.08. The molecule has 1 aromatic rings. The van der Waals surface area contributed by atoms with Gasteiger partial charge in [0.25, 0.3) is 5.97 Å². The number of hydrogen-bond donors (Lipinski definition) is 1. The monoisotopic (exact) mass is 270 g/mol. The fourth-order valence-electron chi connectivity index (χ4n) is 2.03. The predicted octanol–water partition coefficient (Wildman–Crippen LogP) is 3.02. The molecule has 0 unspecified atom stereocenters. The van der Waals surface area contributed by atoms with Crippen molar-refractivity contribution in [3.63, 3.8) is 0 Å². The maximum Gasteiger partial charge on any atom is 0.300 e. The Hall–Kier alpha value is -2.62. The van der Waals surface area contributed by atoms with E-state index in [0.29, 0.717) is 17.8 Å². The van der Waals surface area contributed by atoms with Gasteiger partial charge in [0.15, 0.2) is 5.78 Å². The van der Waals surface area contributed by atoms with Crippen LogP contribution in [0.3, 0.4) is 0 Å². The molecule has 1 aliphatic heterocycles. The lowest BCUT2D eigenvalue weighted by molar-refractivity contribution is -0.134. The van der Waals surface area contributed by atoms with Crippen LogP contribution in [0.15, 0.2) is 48.4 Å². The molecule has 1 aliphatic carbocycles. The molecule has 0 atom stereocenters. The lowest BCUT2D eigenvalue weighted by atomic mass is 9.92. The molecule has 0 fully saturated rings. The molecular weight excluding hydrogens is 256 g/mol. The Balaban J connectivity index is 0.000000328. The van der Waals surface area contributed by atoms with Gasteiger partial charge >= 0.3 is 0 Å². The van der Waals surface area contributed by atoms with Gasteiger partial charge in [-0.25, -0.2) is 0 Å². The van der Waals surface area contributed by atoms with E-state index in [9.17, 15) is 4.79 Å². The zero-order valence-corrected chi connectivity index (χ0v) is 11.0. The summed E-state index contributed by atoms with van der Waals surface area (Å²) in [7, 11) is 0. The Morgan fingerprint density at radius 2 is 1.95 bits per heavy atom. The second-order valence-corrected chi connectivity index (χ2v) is 4.30. The SMILES string of the molecule is CC(=O)O.O=C1CC=CC2=C1c1ccccc1C=CO2. The Morgan fingerprint density at radius 1 is 1.25 bits per heavy atom. The second kappa shape index (κ2) is 6.02. The van der Waals surface area contributed by atoms with Crippen molar-refractivity contribution in [2.75, 3.05) is 0 Å². The standard InChI is InChI=1S/C14H10O2.C2H4O2/c15-12-6-3-7-13-14(12)11-5-2-1-4-10(11)8-9-16-13;1-2(3)4/h1-5,7-9H,6H2;1H3,(H,3,4). The number of fused-ring (bicyclic) bond motifs is 2. The molecule has 0 spiro atoms. The number of carbonyl (C=O) groups is 2. The molecule has 1 N–H and O–H groups in total. The zero-order valence-electron chi connectivity index (χ0n) is 11.0. The number of carbonyl (C=O) groups excluding carboxylic acids is 1. The molecule has 1 aromatic carbocycles. The Labute approximate surface area is 116 Å². The maximum absolute atomic E-state index is 11.9. The first kappa shape index (κ1) is 13.8. The number of rotatable bonds is 0. The van der Waals surface area contributed by atoms with Crippen LogP contribution in [0.5, 0.6) is 0 Å². The normalized spacial score (nSPS) is 15.3. The lowest BCUT2D eigenvalue weighted by Gasteiger charge is -2.13. The third kappa shape index (κ3) is 3.03. The molecule has 0 amide bonds. The number of hydrogen-bond acceptors (Lipinski definition) is 3. The van der Waals surface area contributed by atoms with E-state index in [4.69, 9.17) is 14.6 Å². The highest BCUT2D eigenvalue weighted by Gasteiger charge is 2.22. The van der Waals surface area contributed by atoms with Gasteiger partial charge in [0.2, 0.25) is 0 Å². The highest BCUT2D eigenvalue weighted by Crippen LogP contribution is 2.31. The highest BCUT2D eigenvalue weighted by molar-refractivity contribution is 6.24. The summed E-state index contributed by atoms with van der Waals surface area (Å²) in [5, 5.41) is 7.42. The van der Waals surface area contributed by atoms with E-state index in [1.54, 1.807) is 6.26 Å². The Kier molecular flexibility index (Phi) is 4.15. The number of carboxylic acids is 1. The smallest absolute Gasteiger partial charge is 0.300 e. The van der Waals surface area contributed by atoms with Crippen molar-refractivity contribution in [2.45, 2.75) is 13.3 Å². The number of allylic oxidation sites excluding steroid dienone is 3. The molecule has 102 valence electrons. The summed E-state index contributed by atoms with van der Waals surface area (Å²) in [6.07, 6.45) is 7.67. The first-order valence-corrected chi connectivity index (χ1v) is 6.15. The van der Waals surface area contributed by atoms with Crippen LogP contribution < -0.4 is 0 Å². The van der Waals surface area contributed by atoms with E-state index in [0.717, 1.165) is 18.1 Å². The molecule has 0 saturated carbocycles. The predicted molar refractivity (Wildman–Crippen MR) is 75.6 cm³/mol. The van der Waals surface area contributed by atoms with E-state index < -0.39 is 5.97 Å². The zero-order chi connectivity index (χ0) is 14.5. The molecule has 20 heavy (non-hydrogen) atoms. The number of benzene rings is 1. The molecule has 3 rings (SSSR count). The number of carboxylic acid groups (broad SMARTS) is 1. The van der Waals surface area contributed by atoms with Crippen LogP contribution in [0.2, 0.25) is 0 Å². The summed E-state index contributed by atoms with van der Waals surface area (Å²) in [5.74, 6) is -0.0638. The quantitative estimate of drug-likeness (QED) is 0.787. The van der Waals surface area contributed by atoms with E-state index in [1.165, 1.54) is 0 Å². The van der Waals surface area contributed by atoms with Crippen molar-refractivity contribution in [2.24, 2.45) is 0 Å².